The largest absolute Gasteiger partial charge is 0.496 e. The molecule has 9 heteroatoms. The van der Waals surface area contributed by atoms with Crippen molar-refractivity contribution in [3.05, 3.63) is 23.8 Å². The van der Waals surface area contributed by atoms with Gasteiger partial charge >= 0.3 is 5.97 Å². The van der Waals surface area contributed by atoms with E-state index < -0.39 is 28.4 Å². The van der Waals surface area contributed by atoms with Gasteiger partial charge in [-0.15, -0.1) is 0 Å². The molecule has 8 nitrogen and oxygen atoms in total. The lowest BCUT2D eigenvalue weighted by Crippen LogP contribution is -2.36. The first-order valence-corrected chi connectivity index (χ1v) is 9.36. The molecule has 1 aromatic carbocycles. The second kappa shape index (κ2) is 8.82. The lowest BCUT2D eigenvalue weighted by Gasteiger charge is -2.22. The van der Waals surface area contributed by atoms with Gasteiger partial charge in [0.25, 0.3) is 5.91 Å². The number of carboxylic acid groups (broad SMARTS) is 1. The smallest absolute Gasteiger partial charge is 0.323 e. The van der Waals surface area contributed by atoms with Crippen LogP contribution in [0.3, 0.4) is 0 Å². The van der Waals surface area contributed by atoms with Crippen molar-refractivity contribution in [2.75, 3.05) is 33.3 Å². The molecule has 0 fully saturated rings. The molecule has 0 unspecified atom stereocenters. The number of carboxylic acids is 1. The van der Waals surface area contributed by atoms with Crippen molar-refractivity contribution in [2.24, 2.45) is 0 Å². The minimum atomic E-state index is -3.75. The number of methoxy groups -OCH3 is 1. The zero-order valence-corrected chi connectivity index (χ0v) is 15.7. The van der Waals surface area contributed by atoms with Gasteiger partial charge in [-0.05, 0) is 25.1 Å². The third kappa shape index (κ3) is 4.70. The Hall–Kier alpha value is -2.13. The average Bonchev–Trinajstić information content (AvgIpc) is 2.59. The van der Waals surface area contributed by atoms with Gasteiger partial charge in [-0.1, -0.05) is 13.8 Å². The van der Waals surface area contributed by atoms with Gasteiger partial charge in [0, 0.05) is 19.6 Å². The molecule has 0 heterocycles. The van der Waals surface area contributed by atoms with E-state index in [0.29, 0.717) is 13.1 Å². The number of hydrogen-bond donors (Lipinski definition) is 1. The lowest BCUT2D eigenvalue weighted by atomic mass is 10.1. The summed E-state index contributed by atoms with van der Waals surface area (Å²) in [4.78, 5) is 24.6. The van der Waals surface area contributed by atoms with Crippen LogP contribution in [0.4, 0.5) is 0 Å². The Balaban J connectivity index is 3.40. The molecule has 0 saturated heterocycles. The Morgan fingerprint density at radius 2 is 1.72 bits per heavy atom. The van der Waals surface area contributed by atoms with Crippen LogP contribution in [0.2, 0.25) is 0 Å². The fourth-order valence-electron chi connectivity index (χ4n) is 2.39. The van der Waals surface area contributed by atoms with Crippen LogP contribution in [-0.4, -0.2) is 67.9 Å². The Kier molecular flexibility index (Phi) is 7.38. The number of aliphatic carboxylic acids is 1. The first kappa shape index (κ1) is 20.9. The summed E-state index contributed by atoms with van der Waals surface area (Å²) in [5.74, 6) is -1.56. The van der Waals surface area contributed by atoms with Crippen LogP contribution < -0.4 is 4.74 Å². The highest BCUT2D eigenvalue weighted by Crippen LogP contribution is 2.26. The Bertz CT molecular complexity index is 728. The van der Waals surface area contributed by atoms with Crippen LogP contribution in [0.15, 0.2) is 23.1 Å². The maximum Gasteiger partial charge on any atom is 0.323 e. The fraction of sp³-hybridized carbons (Fsp3) is 0.500. The van der Waals surface area contributed by atoms with Gasteiger partial charge in [0.05, 0.1) is 17.6 Å². The number of nitrogens with zero attached hydrogens (tertiary/aromatic N) is 2. The molecule has 140 valence electrons. The zero-order valence-electron chi connectivity index (χ0n) is 14.9. The lowest BCUT2D eigenvalue weighted by molar-refractivity contribution is -0.137. The van der Waals surface area contributed by atoms with E-state index in [2.05, 4.69) is 0 Å². The van der Waals surface area contributed by atoms with Crippen molar-refractivity contribution in [1.82, 2.24) is 9.21 Å². The molecule has 1 aromatic rings. The zero-order chi connectivity index (χ0) is 19.2. The summed E-state index contributed by atoms with van der Waals surface area (Å²) >= 11 is 0. The van der Waals surface area contributed by atoms with Gasteiger partial charge in [-0.3, -0.25) is 9.59 Å². The third-order valence-corrected chi connectivity index (χ3v) is 5.79. The standard InChI is InChI=1S/C16H24N2O6S/c1-5-17(11-15(19)20)16(21)13-10-12(8-9-14(13)24-4)25(22,23)18(6-2)7-3/h8-10H,5-7,11H2,1-4H3,(H,19,20). The summed E-state index contributed by atoms with van der Waals surface area (Å²) in [5.41, 5.74) is 0.0128. The summed E-state index contributed by atoms with van der Waals surface area (Å²) in [5, 5.41) is 8.93. The number of sulfonamides is 1. The number of benzene rings is 1. The van der Waals surface area contributed by atoms with E-state index in [-0.39, 0.29) is 22.8 Å². The molecule has 0 atom stereocenters. The van der Waals surface area contributed by atoms with Crippen LogP contribution >= 0.6 is 0 Å². The van der Waals surface area contributed by atoms with Gasteiger partial charge in [-0.25, -0.2) is 8.42 Å². The molecule has 1 rings (SSSR count). The molecule has 0 aromatic heterocycles. The summed E-state index contributed by atoms with van der Waals surface area (Å²) < 4.78 is 31.7. The van der Waals surface area contributed by atoms with E-state index in [1.807, 2.05) is 0 Å². The predicted molar refractivity (Wildman–Crippen MR) is 92.3 cm³/mol. The highest BCUT2D eigenvalue weighted by Gasteiger charge is 2.26. The van der Waals surface area contributed by atoms with Gasteiger partial charge in [0.1, 0.15) is 12.3 Å². The normalized spacial score (nSPS) is 11.4. The molecule has 0 aliphatic carbocycles. The van der Waals surface area contributed by atoms with Crippen LogP contribution in [0.1, 0.15) is 31.1 Å². The van der Waals surface area contributed by atoms with Crippen molar-refractivity contribution in [1.29, 1.82) is 0 Å². The SMILES string of the molecule is CCN(CC(=O)O)C(=O)c1cc(S(=O)(=O)N(CC)CC)ccc1OC. The van der Waals surface area contributed by atoms with E-state index in [9.17, 15) is 18.0 Å². The minimum Gasteiger partial charge on any atom is -0.496 e. The minimum absolute atomic E-state index is 0.0128. The predicted octanol–water partition coefficient (Wildman–Crippen LogP) is 1.27. The van der Waals surface area contributed by atoms with Gasteiger partial charge in [0.15, 0.2) is 0 Å². The molecule has 0 aliphatic heterocycles. The second-order valence-electron chi connectivity index (χ2n) is 5.16. The number of amides is 1. The van der Waals surface area contributed by atoms with E-state index in [1.165, 1.54) is 29.6 Å². The van der Waals surface area contributed by atoms with E-state index in [0.717, 1.165) is 4.90 Å². The molecular formula is C16H24N2O6S. The highest BCUT2D eigenvalue weighted by molar-refractivity contribution is 7.89. The van der Waals surface area contributed by atoms with Crippen molar-refractivity contribution in [3.8, 4) is 5.75 Å². The topological polar surface area (TPSA) is 104 Å². The van der Waals surface area contributed by atoms with Gasteiger partial charge in [-0.2, -0.15) is 4.31 Å². The molecule has 0 saturated carbocycles. The van der Waals surface area contributed by atoms with Crippen LogP contribution in [0.5, 0.6) is 5.75 Å². The maximum atomic E-state index is 12.7. The number of hydrogen-bond acceptors (Lipinski definition) is 5. The first-order valence-electron chi connectivity index (χ1n) is 7.92. The van der Waals surface area contributed by atoms with Crippen molar-refractivity contribution in [3.63, 3.8) is 0 Å². The Morgan fingerprint density at radius 3 is 2.16 bits per heavy atom. The van der Waals surface area contributed by atoms with Crippen molar-refractivity contribution in [2.45, 2.75) is 25.7 Å². The maximum absolute atomic E-state index is 12.7. The molecule has 0 bridgehead atoms. The summed E-state index contributed by atoms with van der Waals surface area (Å²) in [6.45, 7) is 5.38. The molecule has 1 N–H and O–H groups in total. The molecule has 0 spiro atoms. The fourth-order valence-corrected chi connectivity index (χ4v) is 3.87. The molecule has 0 aliphatic rings. The number of ether oxygens (including phenoxy) is 1. The van der Waals surface area contributed by atoms with E-state index >= 15 is 0 Å². The van der Waals surface area contributed by atoms with E-state index in [4.69, 9.17) is 9.84 Å². The summed E-state index contributed by atoms with van der Waals surface area (Å²) in [6.07, 6.45) is 0. The number of carbonyl (C=O) groups is 2. The summed E-state index contributed by atoms with van der Waals surface area (Å²) in [7, 11) is -2.39. The van der Waals surface area contributed by atoms with Crippen LogP contribution in [0, 0.1) is 0 Å². The first-order chi connectivity index (χ1) is 11.7. The molecule has 0 radical (unpaired) electrons. The number of carbonyl (C=O) groups excluding carboxylic acids is 1. The average molecular weight is 372 g/mol. The van der Waals surface area contributed by atoms with Gasteiger partial charge < -0.3 is 14.7 Å². The van der Waals surface area contributed by atoms with Crippen molar-refractivity contribution >= 4 is 21.9 Å². The van der Waals surface area contributed by atoms with Gasteiger partial charge in [0.2, 0.25) is 10.0 Å². The molecular weight excluding hydrogens is 348 g/mol. The van der Waals surface area contributed by atoms with Crippen molar-refractivity contribution < 1.29 is 27.9 Å². The molecule has 25 heavy (non-hydrogen) atoms. The van der Waals surface area contributed by atoms with E-state index in [1.54, 1.807) is 20.8 Å². The highest BCUT2D eigenvalue weighted by atomic mass is 32.2. The quantitative estimate of drug-likeness (QED) is 0.700. The molecule has 1 amide bonds. The number of likely N-dealkylation sites (N-methyl/N-ethyl adjacent to an activating group) is 1. The monoisotopic (exact) mass is 372 g/mol. The Morgan fingerprint density at radius 1 is 1.12 bits per heavy atom. The summed E-state index contributed by atoms with van der Waals surface area (Å²) in [6, 6.07) is 4.01. The van der Waals surface area contributed by atoms with Crippen LogP contribution in [0.25, 0.3) is 0 Å². The second-order valence-corrected chi connectivity index (χ2v) is 7.10. The third-order valence-electron chi connectivity index (χ3n) is 3.74. The Labute approximate surface area is 148 Å². The number of rotatable bonds is 9. The van der Waals surface area contributed by atoms with Crippen LogP contribution in [-0.2, 0) is 14.8 Å².